The van der Waals surface area contributed by atoms with Crippen molar-refractivity contribution in [3.05, 3.63) is 34.3 Å². The Bertz CT molecular complexity index is 408. The van der Waals surface area contributed by atoms with Crippen LogP contribution in [0.3, 0.4) is 0 Å². The number of carboxylic acid groups (broad SMARTS) is 1. The van der Waals surface area contributed by atoms with E-state index in [-0.39, 0.29) is 0 Å². The smallest absolute Gasteiger partial charge is 0.404 e. The van der Waals surface area contributed by atoms with E-state index in [0.717, 1.165) is 5.56 Å². The molecule has 5 heteroatoms. The van der Waals surface area contributed by atoms with E-state index in [9.17, 15) is 9.90 Å². The Morgan fingerprint density at radius 3 is 2.87 bits per heavy atom. The predicted octanol–water partition coefficient (Wildman–Crippen LogP) is 1.57. The van der Waals surface area contributed by atoms with Gasteiger partial charge in [-0.25, -0.2) is 4.79 Å². The number of carbonyl (C=O) groups is 1. The summed E-state index contributed by atoms with van der Waals surface area (Å²) < 4.78 is 0. The van der Waals surface area contributed by atoms with Gasteiger partial charge >= 0.3 is 6.09 Å². The molecule has 1 aromatic rings. The quantitative estimate of drug-likeness (QED) is 0.682. The van der Waals surface area contributed by atoms with Crippen LogP contribution in [0.4, 0.5) is 4.79 Å². The summed E-state index contributed by atoms with van der Waals surface area (Å²) in [6.45, 7) is 0. The lowest BCUT2D eigenvalue weighted by Crippen LogP contribution is -2.36. The third kappa shape index (κ3) is 1.78. The number of hydrogen-bond acceptors (Lipinski definition) is 2. The first-order chi connectivity index (χ1) is 7.09. The molecule has 0 saturated carbocycles. The van der Waals surface area contributed by atoms with Gasteiger partial charge in [0, 0.05) is 5.02 Å². The van der Waals surface area contributed by atoms with Crippen molar-refractivity contribution >= 4 is 17.7 Å². The number of aliphatic hydroxyl groups is 1. The normalized spacial score (nSPS) is 23.6. The molecule has 0 heterocycles. The molecule has 2 rings (SSSR count). The van der Waals surface area contributed by atoms with E-state index in [2.05, 4.69) is 5.32 Å². The highest BCUT2D eigenvalue weighted by atomic mass is 35.5. The van der Waals surface area contributed by atoms with Gasteiger partial charge in [-0.15, -0.1) is 0 Å². The molecule has 0 spiro atoms. The van der Waals surface area contributed by atoms with Crippen LogP contribution in [0.2, 0.25) is 5.02 Å². The molecule has 1 aliphatic rings. The Kier molecular flexibility index (Phi) is 2.54. The van der Waals surface area contributed by atoms with Crippen LogP contribution in [0, 0.1) is 0 Å². The van der Waals surface area contributed by atoms with Crippen LogP contribution >= 0.6 is 11.6 Å². The average Bonchev–Trinajstić information content (AvgIpc) is 2.46. The van der Waals surface area contributed by atoms with E-state index in [1.807, 2.05) is 0 Å². The van der Waals surface area contributed by atoms with Crippen LogP contribution in [-0.4, -0.2) is 22.3 Å². The number of halogens is 1. The standard InChI is InChI=1S/C10H10ClNO3/c11-7-3-1-2-5-6(7)4-8(9(5)13)12-10(14)15/h1-3,8-9,12-13H,4H2,(H,14,15)/t8-,9+/m0/s1. The van der Waals surface area contributed by atoms with E-state index in [1.54, 1.807) is 18.2 Å². The van der Waals surface area contributed by atoms with E-state index < -0.39 is 18.2 Å². The van der Waals surface area contributed by atoms with Crippen LogP contribution in [0.25, 0.3) is 0 Å². The van der Waals surface area contributed by atoms with Crippen molar-refractivity contribution in [3.63, 3.8) is 0 Å². The van der Waals surface area contributed by atoms with Gasteiger partial charge in [-0.3, -0.25) is 0 Å². The lowest BCUT2D eigenvalue weighted by molar-refractivity contribution is 0.131. The fourth-order valence-electron chi connectivity index (χ4n) is 1.90. The van der Waals surface area contributed by atoms with Crippen LogP contribution in [-0.2, 0) is 6.42 Å². The zero-order valence-electron chi connectivity index (χ0n) is 7.77. The summed E-state index contributed by atoms with van der Waals surface area (Å²) in [5, 5.41) is 21.3. The SMILES string of the molecule is O=C(O)N[C@H]1Cc2c(Cl)cccc2[C@H]1O. The van der Waals surface area contributed by atoms with Gasteiger partial charge in [-0.1, -0.05) is 23.7 Å². The van der Waals surface area contributed by atoms with Crippen molar-refractivity contribution in [1.29, 1.82) is 0 Å². The minimum absolute atomic E-state index is 0.433. The van der Waals surface area contributed by atoms with E-state index in [1.165, 1.54) is 0 Å². The Hall–Kier alpha value is -1.26. The van der Waals surface area contributed by atoms with Gasteiger partial charge in [-0.05, 0) is 23.6 Å². The molecular formula is C10H10ClNO3. The molecule has 0 aromatic heterocycles. The molecule has 2 atom stereocenters. The van der Waals surface area contributed by atoms with Crippen LogP contribution in [0.1, 0.15) is 17.2 Å². The van der Waals surface area contributed by atoms with Crippen molar-refractivity contribution in [1.82, 2.24) is 5.32 Å². The maximum Gasteiger partial charge on any atom is 0.404 e. The van der Waals surface area contributed by atoms with Crippen molar-refractivity contribution in [2.45, 2.75) is 18.6 Å². The molecule has 1 aromatic carbocycles. The molecule has 3 N–H and O–H groups in total. The maximum atomic E-state index is 10.5. The second kappa shape index (κ2) is 3.72. The predicted molar refractivity (Wildman–Crippen MR) is 55.1 cm³/mol. The van der Waals surface area contributed by atoms with E-state index in [4.69, 9.17) is 16.7 Å². The highest BCUT2D eigenvalue weighted by Gasteiger charge is 2.33. The summed E-state index contributed by atoms with van der Waals surface area (Å²) in [6.07, 6.45) is -1.51. The summed E-state index contributed by atoms with van der Waals surface area (Å²) in [5.74, 6) is 0. The van der Waals surface area contributed by atoms with Gasteiger partial charge in [0.05, 0.1) is 12.1 Å². The summed E-state index contributed by atoms with van der Waals surface area (Å²) in [6, 6.07) is 4.73. The first-order valence-electron chi connectivity index (χ1n) is 4.54. The van der Waals surface area contributed by atoms with Crippen molar-refractivity contribution < 1.29 is 15.0 Å². The lowest BCUT2D eigenvalue weighted by atomic mass is 10.1. The number of fused-ring (bicyclic) bond motifs is 1. The zero-order chi connectivity index (χ0) is 11.0. The number of hydrogen-bond donors (Lipinski definition) is 3. The molecule has 4 nitrogen and oxygen atoms in total. The molecule has 0 fully saturated rings. The molecule has 15 heavy (non-hydrogen) atoms. The highest BCUT2D eigenvalue weighted by molar-refractivity contribution is 6.31. The molecule has 0 bridgehead atoms. The Labute approximate surface area is 91.5 Å². The molecule has 80 valence electrons. The largest absolute Gasteiger partial charge is 0.465 e. The Balaban J connectivity index is 2.29. The van der Waals surface area contributed by atoms with Crippen LogP contribution < -0.4 is 5.32 Å². The van der Waals surface area contributed by atoms with Crippen molar-refractivity contribution in [2.24, 2.45) is 0 Å². The fourth-order valence-corrected chi connectivity index (χ4v) is 2.16. The topological polar surface area (TPSA) is 69.6 Å². The lowest BCUT2D eigenvalue weighted by Gasteiger charge is -2.14. The monoisotopic (exact) mass is 227 g/mol. The summed E-state index contributed by atoms with van der Waals surface area (Å²) >= 11 is 5.95. The van der Waals surface area contributed by atoms with Crippen molar-refractivity contribution in [2.75, 3.05) is 0 Å². The highest BCUT2D eigenvalue weighted by Crippen LogP contribution is 2.35. The maximum absolute atomic E-state index is 10.5. The third-order valence-electron chi connectivity index (χ3n) is 2.59. The number of rotatable bonds is 1. The number of nitrogens with one attached hydrogen (secondary N) is 1. The summed E-state index contributed by atoms with van der Waals surface area (Å²) in [7, 11) is 0. The molecule has 1 amide bonds. The van der Waals surface area contributed by atoms with E-state index >= 15 is 0 Å². The number of aliphatic hydroxyl groups excluding tert-OH is 1. The molecule has 0 aliphatic heterocycles. The van der Waals surface area contributed by atoms with Crippen molar-refractivity contribution in [3.8, 4) is 0 Å². The van der Waals surface area contributed by atoms with Gasteiger partial charge < -0.3 is 15.5 Å². The first kappa shape index (κ1) is 10.3. The first-order valence-corrected chi connectivity index (χ1v) is 4.92. The number of amides is 1. The summed E-state index contributed by atoms with van der Waals surface area (Å²) in [5.41, 5.74) is 1.53. The summed E-state index contributed by atoms with van der Waals surface area (Å²) in [4.78, 5) is 10.5. The fraction of sp³-hybridized carbons (Fsp3) is 0.300. The molecular weight excluding hydrogens is 218 g/mol. The minimum Gasteiger partial charge on any atom is -0.465 e. The van der Waals surface area contributed by atoms with Gasteiger partial charge in [0.25, 0.3) is 0 Å². The molecule has 0 saturated heterocycles. The van der Waals surface area contributed by atoms with Gasteiger partial charge in [-0.2, -0.15) is 0 Å². The molecule has 1 aliphatic carbocycles. The van der Waals surface area contributed by atoms with Gasteiger partial charge in [0.2, 0.25) is 0 Å². The van der Waals surface area contributed by atoms with Crippen LogP contribution in [0.15, 0.2) is 18.2 Å². The number of benzene rings is 1. The third-order valence-corrected chi connectivity index (χ3v) is 2.94. The minimum atomic E-state index is -1.14. The second-order valence-electron chi connectivity index (χ2n) is 3.51. The van der Waals surface area contributed by atoms with Gasteiger partial charge in [0.15, 0.2) is 0 Å². The average molecular weight is 228 g/mol. The Morgan fingerprint density at radius 2 is 2.27 bits per heavy atom. The van der Waals surface area contributed by atoms with E-state index in [0.29, 0.717) is 17.0 Å². The van der Waals surface area contributed by atoms with Crippen LogP contribution in [0.5, 0.6) is 0 Å². The second-order valence-corrected chi connectivity index (χ2v) is 3.92. The molecule has 0 radical (unpaired) electrons. The zero-order valence-corrected chi connectivity index (χ0v) is 8.53. The van der Waals surface area contributed by atoms with Gasteiger partial charge in [0.1, 0.15) is 0 Å². The molecule has 0 unspecified atom stereocenters. The Morgan fingerprint density at radius 1 is 1.53 bits per heavy atom.